The SMILES string of the molecule is C=C1CCC(=O)N1OC(=O)C(C)[15NH]C(=O)C(C)[15NH][13C](=O)CC1C(C)CCCC1C. The average molecular weight is 410 g/mol. The fraction of sp³-hybridized carbons (Fsp3) is 0.714. The van der Waals surface area contributed by atoms with Crippen molar-refractivity contribution in [3.05, 3.63) is 12.3 Å². The number of hydrogen-bond acceptors (Lipinski definition) is 5. The summed E-state index contributed by atoms with van der Waals surface area (Å²) < 4.78 is 0. The molecular formula is C21H33N3O5. The molecule has 1 heterocycles. The lowest BCUT2D eigenvalue weighted by molar-refractivity contribution is -0.188. The second kappa shape index (κ2) is 9.89. The Morgan fingerprint density at radius 3 is 2.28 bits per heavy atom. The third kappa shape index (κ3) is 6.05. The lowest BCUT2D eigenvalue weighted by Gasteiger charge is -2.34. The Kier molecular flexibility index (Phi) is 7.81. The van der Waals surface area contributed by atoms with Crippen LogP contribution in [0.5, 0.6) is 0 Å². The number of hydroxylamine groups is 2. The normalized spacial score (nSPS) is 26.6. The number of amides is 3. The van der Waals surface area contributed by atoms with Gasteiger partial charge in [0.25, 0.3) is 5.91 Å². The zero-order valence-corrected chi connectivity index (χ0v) is 17.8. The van der Waals surface area contributed by atoms with Gasteiger partial charge in [-0.3, -0.25) is 14.4 Å². The number of nitrogens with zero attached hydrogens (tertiary/aromatic N) is 1. The molecule has 1 saturated carbocycles. The van der Waals surface area contributed by atoms with Crippen molar-refractivity contribution in [2.45, 2.75) is 78.3 Å². The van der Waals surface area contributed by atoms with E-state index in [9.17, 15) is 19.2 Å². The zero-order chi connectivity index (χ0) is 21.7. The first-order valence-electron chi connectivity index (χ1n) is 10.4. The van der Waals surface area contributed by atoms with Crippen LogP contribution in [-0.2, 0) is 24.0 Å². The van der Waals surface area contributed by atoms with Gasteiger partial charge in [0, 0.05) is 12.8 Å². The maximum absolute atomic E-state index is 12.4. The minimum Gasteiger partial charge on any atom is -0.345 e. The molecule has 162 valence electrons. The van der Waals surface area contributed by atoms with E-state index in [0.717, 1.165) is 17.9 Å². The summed E-state index contributed by atoms with van der Waals surface area (Å²) >= 11 is 0. The van der Waals surface area contributed by atoms with E-state index < -0.39 is 24.0 Å². The summed E-state index contributed by atoms with van der Waals surface area (Å²) in [6.45, 7) is 11.1. The summed E-state index contributed by atoms with van der Waals surface area (Å²) in [7, 11) is 0. The first-order valence-corrected chi connectivity index (χ1v) is 10.4. The quantitative estimate of drug-likeness (QED) is 0.494. The maximum atomic E-state index is 12.4. The maximum Gasteiger partial charge on any atom is 0.354 e. The van der Waals surface area contributed by atoms with Crippen LogP contribution in [0.15, 0.2) is 12.3 Å². The van der Waals surface area contributed by atoms with Crippen LogP contribution in [-0.4, -0.2) is 40.8 Å². The van der Waals surface area contributed by atoms with Gasteiger partial charge in [-0.2, -0.15) is 0 Å². The average Bonchev–Trinajstić information content (AvgIpc) is 2.96. The summed E-state index contributed by atoms with van der Waals surface area (Å²) in [5.41, 5.74) is 0.411. The monoisotopic (exact) mass is 410 g/mol. The molecule has 1 aliphatic heterocycles. The smallest absolute Gasteiger partial charge is 0.345 e. The van der Waals surface area contributed by atoms with Crippen molar-refractivity contribution in [3.63, 3.8) is 0 Å². The fourth-order valence-corrected chi connectivity index (χ4v) is 4.05. The van der Waals surface area contributed by atoms with Crippen molar-refractivity contribution in [2.24, 2.45) is 17.8 Å². The van der Waals surface area contributed by atoms with Gasteiger partial charge in [0.15, 0.2) is 0 Å². The third-order valence-electron chi connectivity index (χ3n) is 6.01. The van der Waals surface area contributed by atoms with Crippen molar-refractivity contribution in [1.82, 2.24) is 15.7 Å². The van der Waals surface area contributed by atoms with Crippen LogP contribution >= 0.6 is 0 Å². The minimum absolute atomic E-state index is 0.160. The molecule has 1 saturated heterocycles. The van der Waals surface area contributed by atoms with Crippen LogP contribution in [0.25, 0.3) is 0 Å². The van der Waals surface area contributed by atoms with Crippen molar-refractivity contribution >= 4 is 23.7 Å². The van der Waals surface area contributed by atoms with E-state index in [0.29, 0.717) is 36.3 Å². The molecule has 0 bridgehead atoms. The Morgan fingerprint density at radius 1 is 1.10 bits per heavy atom. The Morgan fingerprint density at radius 2 is 1.72 bits per heavy atom. The second-order valence-corrected chi connectivity index (χ2v) is 8.44. The molecule has 2 N–H and O–H groups in total. The highest BCUT2D eigenvalue weighted by Gasteiger charge is 2.32. The number of carbonyl (C=O) groups excluding carboxylic acids is 4. The van der Waals surface area contributed by atoms with E-state index in [-0.39, 0.29) is 18.2 Å². The molecule has 8 nitrogen and oxygen atoms in total. The first-order chi connectivity index (χ1) is 13.6. The lowest BCUT2D eigenvalue weighted by Crippen LogP contribution is -2.50. The highest BCUT2D eigenvalue weighted by atomic mass is 16.7. The Hall–Kier alpha value is -2.38. The van der Waals surface area contributed by atoms with Gasteiger partial charge in [0.2, 0.25) is 11.8 Å². The van der Waals surface area contributed by atoms with E-state index in [1.165, 1.54) is 13.3 Å². The molecular weight excluding hydrogens is 377 g/mol. The molecule has 1 aliphatic carbocycles. The number of carbonyl (C=O) groups is 4. The summed E-state index contributed by atoms with van der Waals surface area (Å²) in [4.78, 5) is 53.6. The highest BCUT2D eigenvalue weighted by Crippen LogP contribution is 2.36. The molecule has 3 amide bonds. The van der Waals surface area contributed by atoms with Crippen molar-refractivity contribution in [3.8, 4) is 0 Å². The second-order valence-electron chi connectivity index (χ2n) is 8.44. The van der Waals surface area contributed by atoms with Gasteiger partial charge in [-0.25, -0.2) is 4.79 Å². The van der Waals surface area contributed by atoms with Gasteiger partial charge >= 0.3 is 5.97 Å². The van der Waals surface area contributed by atoms with Crippen LogP contribution < -0.4 is 10.6 Å². The molecule has 0 radical (unpaired) electrons. The Balaban J connectivity index is 1.80. The zero-order valence-electron chi connectivity index (χ0n) is 17.8. The van der Waals surface area contributed by atoms with Gasteiger partial charge in [-0.05, 0) is 38.0 Å². The van der Waals surface area contributed by atoms with Crippen molar-refractivity contribution < 1.29 is 24.0 Å². The molecule has 0 spiro atoms. The number of allylic oxidation sites excluding steroid dienone is 1. The Bertz CT molecular complexity index is 651. The van der Waals surface area contributed by atoms with Gasteiger partial charge < -0.3 is 15.5 Å². The summed E-state index contributed by atoms with van der Waals surface area (Å²) in [6, 6.07) is -1.75. The van der Waals surface area contributed by atoms with Gasteiger partial charge in [-0.15, -0.1) is 5.06 Å². The molecule has 0 aromatic rings. The Labute approximate surface area is 172 Å². The third-order valence-corrected chi connectivity index (χ3v) is 6.01. The topological polar surface area (TPSA) is 105 Å². The standard InChI is InChI=1S/C21H33N3O5/c1-12-7-6-8-13(2)17(12)11-18(25)22-15(4)20(27)23-16(5)21(28)29-24-14(3)9-10-19(24)26/h12-13,15-17H,3,6-11H2,1-2,4-5H3,(H,22,25)(H,23,27)/i18+1,22+1,23+1. The highest BCUT2D eigenvalue weighted by molar-refractivity contribution is 5.91. The molecule has 0 aromatic heterocycles. The van der Waals surface area contributed by atoms with Crippen molar-refractivity contribution in [2.75, 3.05) is 0 Å². The summed E-state index contributed by atoms with van der Waals surface area (Å²) in [5.74, 6) is -0.449. The predicted molar refractivity (Wildman–Crippen MR) is 107 cm³/mol. The fourth-order valence-electron chi connectivity index (χ4n) is 4.05. The van der Waals surface area contributed by atoms with Crippen LogP contribution in [0.3, 0.4) is 0 Å². The van der Waals surface area contributed by atoms with Crippen LogP contribution in [0.4, 0.5) is 0 Å². The summed E-state index contributed by atoms with van der Waals surface area (Å²) in [6.07, 6.45) is 4.54. The minimum atomic E-state index is -0.971. The molecule has 8 heteroatoms. The summed E-state index contributed by atoms with van der Waals surface area (Å²) in [5, 5.41) is 6.11. The molecule has 2 fully saturated rings. The first kappa shape index (κ1) is 22.9. The number of nitrogens with one attached hydrogen (secondary N) is 2. The predicted octanol–water partition coefficient (Wildman–Crippen LogP) is 2.05. The van der Waals surface area contributed by atoms with Crippen LogP contribution in [0.2, 0.25) is 0 Å². The van der Waals surface area contributed by atoms with Gasteiger partial charge in [0.05, 0.1) is 5.70 Å². The van der Waals surface area contributed by atoms with E-state index >= 15 is 0 Å². The molecule has 0 aromatic carbocycles. The molecule has 2 rings (SSSR count). The van der Waals surface area contributed by atoms with Crippen LogP contribution in [0, 0.1) is 17.8 Å². The van der Waals surface area contributed by atoms with E-state index in [2.05, 4.69) is 31.1 Å². The number of hydrogen-bond donors (Lipinski definition) is 2. The van der Waals surface area contributed by atoms with Crippen molar-refractivity contribution in [1.29, 1.82) is 0 Å². The largest absolute Gasteiger partial charge is 0.354 e. The van der Waals surface area contributed by atoms with E-state index in [1.807, 2.05) is 0 Å². The van der Waals surface area contributed by atoms with E-state index in [1.54, 1.807) is 6.92 Å². The lowest BCUT2D eigenvalue weighted by atomic mass is 9.73. The van der Waals surface area contributed by atoms with Gasteiger partial charge in [0.1, 0.15) is 12.1 Å². The van der Waals surface area contributed by atoms with E-state index in [4.69, 9.17) is 4.84 Å². The van der Waals surface area contributed by atoms with Gasteiger partial charge in [-0.1, -0.05) is 39.7 Å². The molecule has 4 unspecified atom stereocenters. The molecule has 2 aliphatic rings. The molecule has 29 heavy (non-hydrogen) atoms. The molecule has 4 atom stereocenters. The van der Waals surface area contributed by atoms with Crippen LogP contribution in [0.1, 0.15) is 66.2 Å². The number of rotatable bonds is 7.